The zero-order valence-electron chi connectivity index (χ0n) is 17.5. The number of amides is 2. The number of aryl methyl sites for hydroxylation is 1. The maximum atomic E-state index is 12.9. The molecular formula is C24H23Cl2N3O3. The smallest absolute Gasteiger partial charge is 0.255 e. The van der Waals surface area contributed by atoms with Gasteiger partial charge in [0.05, 0.1) is 12.3 Å². The zero-order valence-corrected chi connectivity index (χ0v) is 19.0. The molecule has 0 aliphatic heterocycles. The molecule has 0 spiro atoms. The molecule has 0 bridgehead atoms. The molecule has 0 unspecified atom stereocenters. The van der Waals surface area contributed by atoms with Crippen LogP contribution in [0.5, 0.6) is 5.75 Å². The number of aromatic nitrogens is 1. The van der Waals surface area contributed by atoms with Gasteiger partial charge in [-0.1, -0.05) is 35.3 Å². The normalized spacial score (nSPS) is 10.6. The number of nitrogens with two attached hydrogens (primary N) is 1. The Labute approximate surface area is 196 Å². The van der Waals surface area contributed by atoms with Crippen molar-refractivity contribution in [1.29, 1.82) is 0 Å². The van der Waals surface area contributed by atoms with Gasteiger partial charge in [0.25, 0.3) is 5.91 Å². The van der Waals surface area contributed by atoms with E-state index in [4.69, 9.17) is 33.7 Å². The average Bonchev–Trinajstić information content (AvgIpc) is 2.75. The molecule has 166 valence electrons. The maximum absolute atomic E-state index is 12.9. The molecule has 0 aliphatic rings. The van der Waals surface area contributed by atoms with E-state index in [1.165, 1.54) is 0 Å². The number of nitrogens with one attached hydrogen (secondary N) is 1. The van der Waals surface area contributed by atoms with Gasteiger partial charge in [-0.05, 0) is 66.4 Å². The number of nitrogens with zero attached hydrogens (tertiary/aromatic N) is 1. The Morgan fingerprint density at radius 3 is 2.62 bits per heavy atom. The summed E-state index contributed by atoms with van der Waals surface area (Å²) in [5, 5.41) is 3.87. The number of anilines is 1. The molecule has 2 amide bonds. The van der Waals surface area contributed by atoms with E-state index in [0.29, 0.717) is 46.6 Å². The Morgan fingerprint density at radius 1 is 1.09 bits per heavy atom. The Bertz CT molecular complexity index is 1140. The van der Waals surface area contributed by atoms with Crippen LogP contribution in [0, 0.1) is 6.92 Å². The molecule has 0 saturated carbocycles. The molecule has 0 radical (unpaired) electrons. The van der Waals surface area contributed by atoms with E-state index < -0.39 is 0 Å². The van der Waals surface area contributed by atoms with Crippen molar-refractivity contribution in [3.8, 4) is 5.75 Å². The number of carbonyl (C=O) groups is 2. The zero-order chi connectivity index (χ0) is 23.1. The number of hydrogen-bond donors (Lipinski definition) is 2. The first kappa shape index (κ1) is 23.6. The summed E-state index contributed by atoms with van der Waals surface area (Å²) in [4.78, 5) is 27.9. The number of pyridine rings is 1. The number of halogens is 2. The lowest BCUT2D eigenvalue weighted by molar-refractivity contribution is -0.118. The van der Waals surface area contributed by atoms with Gasteiger partial charge in [-0.2, -0.15) is 0 Å². The van der Waals surface area contributed by atoms with Crippen molar-refractivity contribution in [1.82, 2.24) is 4.98 Å². The van der Waals surface area contributed by atoms with E-state index in [9.17, 15) is 9.59 Å². The number of benzene rings is 2. The number of primary amides is 1. The van der Waals surface area contributed by atoms with Crippen LogP contribution in [-0.2, 0) is 11.2 Å². The van der Waals surface area contributed by atoms with Gasteiger partial charge in [-0.15, -0.1) is 0 Å². The highest BCUT2D eigenvalue weighted by molar-refractivity contribution is 6.31. The van der Waals surface area contributed by atoms with Gasteiger partial charge in [0.15, 0.2) is 0 Å². The first-order valence-electron chi connectivity index (χ1n) is 10.0. The molecule has 0 atom stereocenters. The summed E-state index contributed by atoms with van der Waals surface area (Å²) >= 11 is 12.3. The lowest BCUT2D eigenvalue weighted by Crippen LogP contribution is -2.14. The fourth-order valence-corrected chi connectivity index (χ4v) is 3.51. The molecule has 3 N–H and O–H groups in total. The second-order valence-corrected chi connectivity index (χ2v) is 8.08. The first-order chi connectivity index (χ1) is 15.3. The molecule has 0 fully saturated rings. The van der Waals surface area contributed by atoms with E-state index in [1.807, 2.05) is 13.0 Å². The summed E-state index contributed by atoms with van der Waals surface area (Å²) in [6.45, 7) is 2.27. The average molecular weight is 472 g/mol. The molecule has 1 heterocycles. The van der Waals surface area contributed by atoms with E-state index in [2.05, 4.69) is 10.3 Å². The topological polar surface area (TPSA) is 94.3 Å². The van der Waals surface area contributed by atoms with Crippen LogP contribution in [-0.4, -0.2) is 23.4 Å². The van der Waals surface area contributed by atoms with Crippen LogP contribution < -0.4 is 15.8 Å². The first-order valence-corrected chi connectivity index (χ1v) is 10.8. The Balaban J connectivity index is 1.73. The van der Waals surface area contributed by atoms with E-state index >= 15 is 0 Å². The lowest BCUT2D eigenvalue weighted by Gasteiger charge is -2.13. The van der Waals surface area contributed by atoms with Crippen molar-refractivity contribution in [2.75, 3.05) is 11.9 Å². The highest BCUT2D eigenvalue weighted by atomic mass is 35.5. The number of carbonyl (C=O) groups excluding carboxylic acids is 2. The summed E-state index contributed by atoms with van der Waals surface area (Å²) < 4.78 is 5.71. The summed E-state index contributed by atoms with van der Waals surface area (Å²) in [7, 11) is 0. The van der Waals surface area contributed by atoms with E-state index in [-0.39, 0.29) is 18.2 Å². The third-order valence-electron chi connectivity index (χ3n) is 4.83. The number of rotatable bonds is 9. The second kappa shape index (κ2) is 11.0. The molecule has 3 aromatic rings. The molecule has 0 saturated heterocycles. The van der Waals surface area contributed by atoms with Gasteiger partial charge in [0.1, 0.15) is 10.9 Å². The van der Waals surface area contributed by atoms with Crippen molar-refractivity contribution in [2.45, 2.75) is 26.2 Å². The maximum Gasteiger partial charge on any atom is 0.255 e. The van der Waals surface area contributed by atoms with Gasteiger partial charge in [-0.3, -0.25) is 9.59 Å². The highest BCUT2D eigenvalue weighted by Crippen LogP contribution is 2.27. The van der Waals surface area contributed by atoms with Crippen molar-refractivity contribution in [3.05, 3.63) is 87.2 Å². The number of ether oxygens (including phenoxy) is 1. The van der Waals surface area contributed by atoms with Gasteiger partial charge in [0.2, 0.25) is 5.91 Å². The van der Waals surface area contributed by atoms with Crippen molar-refractivity contribution in [2.24, 2.45) is 5.73 Å². The molecule has 2 aromatic carbocycles. The summed E-state index contributed by atoms with van der Waals surface area (Å²) in [5.41, 5.74) is 8.93. The molecule has 8 heteroatoms. The quantitative estimate of drug-likeness (QED) is 0.331. The Kier molecular flexibility index (Phi) is 8.09. The van der Waals surface area contributed by atoms with Crippen molar-refractivity contribution in [3.63, 3.8) is 0 Å². The van der Waals surface area contributed by atoms with Crippen LogP contribution in [0.1, 0.15) is 39.9 Å². The second-order valence-electron chi connectivity index (χ2n) is 7.29. The van der Waals surface area contributed by atoms with Crippen LogP contribution in [0.3, 0.4) is 0 Å². The summed E-state index contributed by atoms with van der Waals surface area (Å²) in [6, 6.07) is 14.0. The molecule has 3 rings (SSSR count). The van der Waals surface area contributed by atoms with Crippen LogP contribution in [0.2, 0.25) is 10.2 Å². The lowest BCUT2D eigenvalue weighted by atomic mass is 10.0. The predicted molar refractivity (Wildman–Crippen MR) is 127 cm³/mol. The standard InChI is InChI=1S/C24H23Cl2N3O3/c1-15-11-22(26)28-14-18(15)13-17-12-16(8-9-19(17)25)24(31)29-20-5-2-3-6-21(20)32-10-4-7-23(27)30/h2-3,5-6,8-9,11-12,14H,4,7,10,13H2,1H3,(H2,27,30)(H,29,31). The minimum absolute atomic E-state index is 0.241. The van der Waals surface area contributed by atoms with Crippen LogP contribution in [0.25, 0.3) is 0 Å². The number of para-hydroxylation sites is 2. The summed E-state index contributed by atoms with van der Waals surface area (Å²) in [6.07, 6.45) is 2.98. The minimum atomic E-state index is -0.377. The minimum Gasteiger partial charge on any atom is -0.491 e. The van der Waals surface area contributed by atoms with Crippen LogP contribution in [0.15, 0.2) is 54.7 Å². The Morgan fingerprint density at radius 2 is 1.88 bits per heavy atom. The molecule has 1 aromatic heterocycles. The van der Waals surface area contributed by atoms with Crippen LogP contribution in [0.4, 0.5) is 5.69 Å². The summed E-state index contributed by atoms with van der Waals surface area (Å²) in [5.74, 6) is -0.150. The predicted octanol–water partition coefficient (Wildman–Crippen LogP) is 5.18. The molecule has 6 nitrogen and oxygen atoms in total. The fourth-order valence-electron chi connectivity index (χ4n) is 3.11. The largest absolute Gasteiger partial charge is 0.491 e. The third-order valence-corrected chi connectivity index (χ3v) is 5.41. The fraction of sp³-hybridized carbons (Fsp3) is 0.208. The molecule has 32 heavy (non-hydrogen) atoms. The molecule has 0 aliphatic carbocycles. The van der Waals surface area contributed by atoms with Crippen molar-refractivity contribution < 1.29 is 14.3 Å². The van der Waals surface area contributed by atoms with Gasteiger partial charge >= 0.3 is 0 Å². The van der Waals surface area contributed by atoms with Gasteiger partial charge < -0.3 is 15.8 Å². The van der Waals surface area contributed by atoms with Crippen LogP contribution >= 0.6 is 23.2 Å². The van der Waals surface area contributed by atoms with Gasteiger partial charge in [-0.25, -0.2) is 4.98 Å². The Hall–Kier alpha value is -3.09. The SMILES string of the molecule is Cc1cc(Cl)ncc1Cc1cc(C(=O)Nc2ccccc2OCCCC(N)=O)ccc1Cl. The van der Waals surface area contributed by atoms with Gasteiger partial charge in [0, 0.05) is 29.6 Å². The van der Waals surface area contributed by atoms with Crippen molar-refractivity contribution >= 4 is 40.7 Å². The number of hydrogen-bond acceptors (Lipinski definition) is 4. The van der Waals surface area contributed by atoms with E-state index in [1.54, 1.807) is 48.7 Å². The molecular weight excluding hydrogens is 449 g/mol. The third kappa shape index (κ3) is 6.45. The highest BCUT2D eigenvalue weighted by Gasteiger charge is 2.13. The monoisotopic (exact) mass is 471 g/mol. The van der Waals surface area contributed by atoms with E-state index in [0.717, 1.165) is 16.7 Å².